The summed E-state index contributed by atoms with van der Waals surface area (Å²) in [5.74, 6) is 0. The molecule has 0 aliphatic rings. The molecule has 0 saturated carbocycles. The zero-order chi connectivity index (χ0) is 26.5. The maximum absolute atomic E-state index is 5.67. The second-order valence-electron chi connectivity index (χ2n) is 9.23. The molecule has 0 spiro atoms. The van der Waals surface area contributed by atoms with Crippen LogP contribution in [0.1, 0.15) is 13.8 Å². The van der Waals surface area contributed by atoms with Crippen molar-refractivity contribution in [3.05, 3.63) is 91.0 Å². The van der Waals surface area contributed by atoms with Gasteiger partial charge < -0.3 is 15.5 Å². The smallest absolute Gasteiger partial charge is 0.237 e. The topological polar surface area (TPSA) is 74.0 Å². The molecule has 0 aliphatic heterocycles. The summed E-state index contributed by atoms with van der Waals surface area (Å²) in [7, 11) is 2.03. The molecule has 0 aliphatic carbocycles. The molecule has 5 aromatic rings. The van der Waals surface area contributed by atoms with Gasteiger partial charge >= 0.3 is 0 Å². The second-order valence-corrected chi connectivity index (χ2v) is 9.23. The highest BCUT2D eigenvalue weighted by Gasteiger charge is 2.20. The third-order valence-corrected chi connectivity index (χ3v) is 6.82. The van der Waals surface area contributed by atoms with Gasteiger partial charge in [-0.3, -0.25) is 0 Å². The molecule has 5 rings (SSSR count). The van der Waals surface area contributed by atoms with Crippen LogP contribution in [0.25, 0.3) is 27.8 Å². The Morgan fingerprint density at radius 1 is 0.737 bits per heavy atom. The van der Waals surface area contributed by atoms with Crippen LogP contribution in [0, 0.1) is 0 Å². The third kappa shape index (κ3) is 5.19. The number of nitrogens with two attached hydrogens (primary N) is 1. The molecule has 192 valence electrons. The molecule has 0 saturated heterocycles. The molecular weight excluding hydrogens is 470 g/mol. The quantitative estimate of drug-likeness (QED) is 0.145. The van der Waals surface area contributed by atoms with E-state index in [1.165, 1.54) is 5.69 Å². The van der Waals surface area contributed by atoms with Gasteiger partial charge in [-0.1, -0.05) is 18.2 Å². The first kappa shape index (κ1) is 25.3. The minimum Gasteiger partial charge on any atom is -0.373 e. The highest BCUT2D eigenvalue weighted by atomic mass is 15.1. The number of likely N-dealkylation sites (N-methyl/N-ethyl adjacent to an activating group) is 1. The van der Waals surface area contributed by atoms with Gasteiger partial charge in [-0.25, -0.2) is 4.98 Å². The lowest BCUT2D eigenvalue weighted by atomic mass is 10.2. The van der Waals surface area contributed by atoms with Crippen molar-refractivity contribution in [2.24, 2.45) is 16.0 Å². The van der Waals surface area contributed by atoms with Crippen molar-refractivity contribution in [3.63, 3.8) is 0 Å². The molecule has 2 N–H and O–H groups in total. The van der Waals surface area contributed by atoms with Gasteiger partial charge in [-0.2, -0.15) is 10.2 Å². The van der Waals surface area contributed by atoms with E-state index < -0.39 is 0 Å². The van der Waals surface area contributed by atoms with E-state index in [0.29, 0.717) is 6.54 Å². The minimum atomic E-state index is 0.615. The maximum Gasteiger partial charge on any atom is 0.237 e. The van der Waals surface area contributed by atoms with Crippen molar-refractivity contribution in [2.75, 3.05) is 43.0 Å². The Labute approximate surface area is 223 Å². The Morgan fingerprint density at radius 3 is 2.03 bits per heavy atom. The second kappa shape index (κ2) is 11.4. The van der Waals surface area contributed by atoms with Crippen LogP contribution in [0.15, 0.2) is 101 Å². The van der Waals surface area contributed by atoms with Crippen molar-refractivity contribution in [2.45, 2.75) is 13.8 Å². The zero-order valence-corrected chi connectivity index (χ0v) is 22.2. The van der Waals surface area contributed by atoms with Gasteiger partial charge in [0.15, 0.2) is 0 Å². The lowest BCUT2D eigenvalue weighted by Crippen LogP contribution is -2.33. The van der Waals surface area contributed by atoms with E-state index in [1.807, 2.05) is 49.5 Å². The van der Waals surface area contributed by atoms with Gasteiger partial charge in [0.2, 0.25) is 16.7 Å². The molecular formula is C31H34N7+. The Hall–Kier alpha value is -4.36. The molecule has 0 atom stereocenters. The number of nitrogens with zero attached hydrogens (tertiary/aromatic N) is 6. The lowest BCUT2D eigenvalue weighted by molar-refractivity contribution is -0.538. The van der Waals surface area contributed by atoms with E-state index in [2.05, 4.69) is 87.0 Å². The summed E-state index contributed by atoms with van der Waals surface area (Å²) in [6.07, 6.45) is 0. The number of azo groups is 1. The van der Waals surface area contributed by atoms with Crippen LogP contribution in [0.2, 0.25) is 0 Å². The average molecular weight is 505 g/mol. The van der Waals surface area contributed by atoms with E-state index >= 15 is 0 Å². The molecule has 7 nitrogen and oxygen atoms in total. The Bertz CT molecular complexity index is 1560. The summed E-state index contributed by atoms with van der Waals surface area (Å²) in [5.41, 5.74) is 14.5. The Morgan fingerprint density at radius 2 is 1.34 bits per heavy atom. The maximum atomic E-state index is 5.67. The first-order valence-electron chi connectivity index (χ1n) is 13.1. The number of benzene rings is 4. The largest absolute Gasteiger partial charge is 0.373 e. The molecule has 0 amide bonds. The highest BCUT2D eigenvalue weighted by molar-refractivity contribution is 5.86. The molecule has 38 heavy (non-hydrogen) atoms. The SMILES string of the molecule is CCN(CC)c1ccc2c(c1)nc1cc(/N=N/c3ccc(N(C)CCN)cc3)ccc1[n+]2-c1ccccc1. The standard InChI is InChI=1S/C31H34N7/c1-4-37(5-2)27-16-18-31-29(22-27)33-28-21-24(13-17-30(28)38(31)26-9-7-6-8-10-26)35-34-23-11-14-25(15-12-23)36(3)20-19-32/h6-18,21-22H,4-5,19-20,32H2,1-3H3/q+1/b35-34+. The van der Waals surface area contributed by atoms with Crippen molar-refractivity contribution in [1.29, 1.82) is 0 Å². The fraction of sp³-hybridized carbons (Fsp3) is 0.226. The summed E-state index contributed by atoms with van der Waals surface area (Å²) in [6, 6.07) is 31.0. The molecule has 7 heteroatoms. The monoisotopic (exact) mass is 504 g/mol. The molecule has 4 aromatic carbocycles. The van der Waals surface area contributed by atoms with Gasteiger partial charge in [-0.15, -0.1) is 4.57 Å². The normalized spacial score (nSPS) is 11.5. The Balaban J connectivity index is 1.56. The number of hydrogen-bond donors (Lipinski definition) is 1. The van der Waals surface area contributed by atoms with Crippen LogP contribution in [0.4, 0.5) is 22.7 Å². The van der Waals surface area contributed by atoms with E-state index in [4.69, 9.17) is 10.7 Å². The molecule has 0 radical (unpaired) electrons. The number of anilines is 2. The summed E-state index contributed by atoms with van der Waals surface area (Å²) < 4.78 is 2.27. The van der Waals surface area contributed by atoms with Crippen LogP contribution in [0.3, 0.4) is 0 Å². The molecule has 1 heterocycles. The van der Waals surface area contributed by atoms with Gasteiger partial charge in [-0.05, 0) is 62.4 Å². The van der Waals surface area contributed by atoms with Crippen LogP contribution < -0.4 is 20.1 Å². The first-order valence-corrected chi connectivity index (χ1v) is 13.1. The van der Waals surface area contributed by atoms with Crippen molar-refractivity contribution < 1.29 is 4.57 Å². The van der Waals surface area contributed by atoms with E-state index in [0.717, 1.165) is 64.5 Å². The molecule has 1 aromatic heterocycles. The zero-order valence-electron chi connectivity index (χ0n) is 22.2. The van der Waals surface area contributed by atoms with Gasteiger partial charge in [0.1, 0.15) is 11.0 Å². The average Bonchev–Trinajstić information content (AvgIpc) is 2.96. The number of fused-ring (bicyclic) bond motifs is 2. The summed E-state index contributed by atoms with van der Waals surface area (Å²) in [6.45, 7) is 7.67. The molecule has 0 fully saturated rings. The number of para-hydroxylation sites is 1. The van der Waals surface area contributed by atoms with Gasteiger partial charge in [0.25, 0.3) is 0 Å². The third-order valence-electron chi connectivity index (χ3n) is 6.82. The van der Waals surface area contributed by atoms with Crippen molar-refractivity contribution in [3.8, 4) is 5.69 Å². The van der Waals surface area contributed by atoms with Crippen LogP contribution in [0.5, 0.6) is 0 Å². The molecule has 0 unspecified atom stereocenters. The molecule has 0 bridgehead atoms. The fourth-order valence-electron chi connectivity index (χ4n) is 4.76. The van der Waals surface area contributed by atoms with Crippen LogP contribution >= 0.6 is 0 Å². The number of rotatable bonds is 9. The van der Waals surface area contributed by atoms with Gasteiger partial charge in [0.05, 0.1) is 11.4 Å². The lowest BCUT2D eigenvalue weighted by Gasteiger charge is -2.20. The van der Waals surface area contributed by atoms with E-state index in [-0.39, 0.29) is 0 Å². The predicted octanol–water partition coefficient (Wildman–Crippen LogP) is 6.32. The van der Waals surface area contributed by atoms with E-state index in [1.54, 1.807) is 0 Å². The van der Waals surface area contributed by atoms with Gasteiger partial charge in [0, 0.05) is 68.9 Å². The minimum absolute atomic E-state index is 0.615. The number of hydrogen-bond acceptors (Lipinski definition) is 6. The predicted molar refractivity (Wildman–Crippen MR) is 157 cm³/mol. The van der Waals surface area contributed by atoms with Crippen molar-refractivity contribution in [1.82, 2.24) is 4.98 Å². The van der Waals surface area contributed by atoms with Crippen LogP contribution in [-0.4, -0.2) is 38.2 Å². The number of aromatic nitrogens is 2. The van der Waals surface area contributed by atoms with E-state index in [9.17, 15) is 0 Å². The Kier molecular flexibility index (Phi) is 7.56. The summed E-state index contributed by atoms with van der Waals surface area (Å²) in [5, 5.41) is 9.00. The summed E-state index contributed by atoms with van der Waals surface area (Å²) in [4.78, 5) is 9.53. The first-order chi connectivity index (χ1) is 18.6. The summed E-state index contributed by atoms with van der Waals surface area (Å²) >= 11 is 0. The fourth-order valence-corrected chi connectivity index (χ4v) is 4.76. The van der Waals surface area contributed by atoms with Crippen LogP contribution in [-0.2, 0) is 0 Å². The van der Waals surface area contributed by atoms with Crippen molar-refractivity contribution >= 4 is 44.8 Å². The highest BCUT2D eigenvalue weighted by Crippen LogP contribution is 2.27.